The van der Waals surface area contributed by atoms with Gasteiger partial charge in [-0.05, 0) is 52.9 Å². The van der Waals surface area contributed by atoms with Crippen molar-refractivity contribution in [1.29, 1.82) is 0 Å². The molecule has 6 nitrogen and oxygen atoms in total. The molecule has 0 fully saturated rings. The Kier molecular flexibility index (Phi) is 8.90. The van der Waals surface area contributed by atoms with Crippen LogP contribution < -0.4 is 5.32 Å². The quantitative estimate of drug-likeness (QED) is 0.283. The maximum absolute atomic E-state index is 13.4. The van der Waals surface area contributed by atoms with E-state index in [0.29, 0.717) is 11.6 Å². The van der Waals surface area contributed by atoms with Crippen molar-refractivity contribution >= 4 is 28.4 Å². The number of rotatable bonds is 7. The smallest absolute Gasteiger partial charge is 0.251 e. The van der Waals surface area contributed by atoms with Gasteiger partial charge in [0.2, 0.25) is 5.91 Å². The summed E-state index contributed by atoms with van der Waals surface area (Å²) >= 11 is 0. The molecule has 36 heavy (non-hydrogen) atoms. The van der Waals surface area contributed by atoms with Crippen LogP contribution in [0.2, 0.25) is 0 Å². The highest BCUT2D eigenvalue weighted by atomic mass is 16.3. The van der Waals surface area contributed by atoms with Gasteiger partial charge in [0, 0.05) is 29.8 Å². The number of hydrogen-bond acceptors (Lipinski definition) is 3. The summed E-state index contributed by atoms with van der Waals surface area (Å²) in [6.07, 6.45) is 1.86. The van der Waals surface area contributed by atoms with Crippen LogP contribution in [0.3, 0.4) is 0 Å². The van der Waals surface area contributed by atoms with E-state index in [9.17, 15) is 14.7 Å². The highest BCUT2D eigenvalue weighted by molar-refractivity contribution is 5.98. The second-order valence-corrected chi connectivity index (χ2v) is 8.80. The molecule has 1 aromatic heterocycles. The molecular weight excluding hydrogens is 450 g/mol. The number of anilines is 1. The first-order chi connectivity index (χ1) is 17.3. The van der Waals surface area contributed by atoms with Gasteiger partial charge < -0.3 is 20.3 Å². The van der Waals surface area contributed by atoms with Crippen molar-refractivity contribution in [2.45, 2.75) is 46.1 Å². The van der Waals surface area contributed by atoms with E-state index in [1.165, 1.54) is 10.5 Å². The van der Waals surface area contributed by atoms with Gasteiger partial charge in [-0.15, -0.1) is 0 Å². The first kappa shape index (κ1) is 26.5. The van der Waals surface area contributed by atoms with Crippen LogP contribution in [0, 0.1) is 0 Å². The fourth-order valence-corrected chi connectivity index (χ4v) is 4.09. The number of hydrogen-bond donors (Lipinski definition) is 3. The Morgan fingerprint density at radius 3 is 2.25 bits per heavy atom. The van der Waals surface area contributed by atoms with E-state index in [1.807, 2.05) is 68.4 Å². The van der Waals surface area contributed by atoms with Crippen molar-refractivity contribution < 1.29 is 14.7 Å². The Labute approximate surface area is 213 Å². The number of carbonyl (C=O) groups excluding carboxylic acids is 2. The summed E-state index contributed by atoms with van der Waals surface area (Å²) in [5.74, 6) is 0.0514. The zero-order valence-corrected chi connectivity index (χ0v) is 21.6. The lowest BCUT2D eigenvalue weighted by Gasteiger charge is -2.28. The van der Waals surface area contributed by atoms with Crippen LogP contribution in [0.15, 0.2) is 79.0 Å². The van der Waals surface area contributed by atoms with Gasteiger partial charge in [-0.1, -0.05) is 70.2 Å². The molecule has 1 heterocycles. The molecule has 6 heteroatoms. The maximum atomic E-state index is 13.4. The molecule has 0 aliphatic carbocycles. The number of aromatic hydroxyl groups is 1. The molecule has 2 amide bonds. The molecule has 1 unspecified atom stereocenters. The second-order valence-electron chi connectivity index (χ2n) is 8.80. The van der Waals surface area contributed by atoms with Crippen molar-refractivity contribution in [3.05, 3.63) is 95.7 Å². The Bertz CT molecular complexity index is 1290. The van der Waals surface area contributed by atoms with Gasteiger partial charge in [0.1, 0.15) is 11.8 Å². The lowest BCUT2D eigenvalue weighted by atomic mass is 10.0. The minimum atomic E-state index is -0.794. The van der Waals surface area contributed by atoms with E-state index >= 15 is 0 Å². The molecule has 0 spiro atoms. The average molecular weight is 486 g/mol. The summed E-state index contributed by atoms with van der Waals surface area (Å²) in [6.45, 7) is 8.24. The molecule has 1 atom stereocenters. The summed E-state index contributed by atoms with van der Waals surface area (Å²) in [4.78, 5) is 31.3. The summed E-state index contributed by atoms with van der Waals surface area (Å²) < 4.78 is 0. The zero-order chi connectivity index (χ0) is 26.2. The summed E-state index contributed by atoms with van der Waals surface area (Å²) in [7, 11) is 1.65. The van der Waals surface area contributed by atoms with Crippen molar-refractivity contribution in [1.82, 2.24) is 9.88 Å². The van der Waals surface area contributed by atoms with E-state index in [4.69, 9.17) is 0 Å². The van der Waals surface area contributed by atoms with Gasteiger partial charge in [-0.25, -0.2) is 0 Å². The predicted molar refractivity (Wildman–Crippen MR) is 146 cm³/mol. The van der Waals surface area contributed by atoms with Gasteiger partial charge in [-0.2, -0.15) is 0 Å². The molecule has 4 aromatic rings. The van der Waals surface area contributed by atoms with Gasteiger partial charge in [0.05, 0.1) is 6.42 Å². The van der Waals surface area contributed by atoms with E-state index in [1.54, 1.807) is 31.4 Å². The summed E-state index contributed by atoms with van der Waals surface area (Å²) in [5, 5.41) is 13.6. The molecule has 0 saturated heterocycles. The monoisotopic (exact) mass is 485 g/mol. The number of aromatic amines is 1. The Hall–Kier alpha value is -4.06. The number of phenols is 1. The molecule has 4 rings (SSSR count). The number of nitrogens with zero attached hydrogens (tertiary/aromatic N) is 1. The van der Waals surface area contributed by atoms with Gasteiger partial charge in [0.25, 0.3) is 5.91 Å². The standard InChI is InChI=1S/C28H29N3O3.C2H6/c1-18(2)19-9-11-22(12-10-19)30-28(34)27(20-7-5-4-6-8-20)31(3)26(33)15-21-17-29-25-14-13-23(32)16-24(21)25;1-2/h4-14,16-18,27,29,32H,15H2,1-3H3,(H,30,34);1-2H3. The molecule has 0 aliphatic heterocycles. The number of nitrogens with one attached hydrogen (secondary N) is 2. The number of phenolic OH excluding ortho intramolecular Hbond substituents is 1. The van der Waals surface area contributed by atoms with Crippen LogP contribution in [-0.4, -0.2) is 33.9 Å². The molecule has 3 N–H and O–H groups in total. The van der Waals surface area contributed by atoms with Crippen LogP contribution in [0.25, 0.3) is 10.9 Å². The van der Waals surface area contributed by atoms with Crippen molar-refractivity contribution in [3.63, 3.8) is 0 Å². The number of benzene rings is 3. The fraction of sp³-hybridized carbons (Fsp3) is 0.267. The van der Waals surface area contributed by atoms with Crippen LogP contribution in [-0.2, 0) is 16.0 Å². The number of aromatic nitrogens is 1. The molecule has 0 bridgehead atoms. The normalized spacial score (nSPS) is 11.5. The topological polar surface area (TPSA) is 85.4 Å². The van der Waals surface area contributed by atoms with Crippen LogP contribution >= 0.6 is 0 Å². The highest BCUT2D eigenvalue weighted by Crippen LogP contribution is 2.27. The van der Waals surface area contributed by atoms with Gasteiger partial charge in [-0.3, -0.25) is 9.59 Å². The lowest BCUT2D eigenvalue weighted by Crippen LogP contribution is -2.39. The molecule has 188 valence electrons. The third-order valence-electron chi connectivity index (χ3n) is 6.08. The third kappa shape index (κ3) is 6.13. The first-order valence-corrected chi connectivity index (χ1v) is 12.3. The lowest BCUT2D eigenvalue weighted by molar-refractivity contribution is -0.136. The molecule has 0 saturated carbocycles. The average Bonchev–Trinajstić information content (AvgIpc) is 3.27. The van der Waals surface area contributed by atoms with Crippen LogP contribution in [0.5, 0.6) is 5.75 Å². The summed E-state index contributed by atoms with van der Waals surface area (Å²) in [5.41, 5.74) is 4.20. The number of likely N-dealkylation sites (N-methyl/N-ethyl adjacent to an activating group) is 1. The third-order valence-corrected chi connectivity index (χ3v) is 6.08. The van der Waals surface area contributed by atoms with E-state index in [0.717, 1.165) is 22.0 Å². The minimum Gasteiger partial charge on any atom is -0.508 e. The Morgan fingerprint density at radius 1 is 0.944 bits per heavy atom. The second kappa shape index (κ2) is 12.1. The first-order valence-electron chi connectivity index (χ1n) is 12.3. The fourth-order valence-electron chi connectivity index (χ4n) is 4.09. The molecule has 0 aliphatic rings. The molecule has 3 aromatic carbocycles. The van der Waals surface area contributed by atoms with Crippen LogP contribution in [0.4, 0.5) is 5.69 Å². The van der Waals surface area contributed by atoms with E-state index < -0.39 is 6.04 Å². The van der Waals surface area contributed by atoms with Crippen LogP contribution in [0.1, 0.15) is 56.3 Å². The highest BCUT2D eigenvalue weighted by Gasteiger charge is 2.29. The van der Waals surface area contributed by atoms with Gasteiger partial charge >= 0.3 is 0 Å². The minimum absolute atomic E-state index is 0.0969. The zero-order valence-electron chi connectivity index (χ0n) is 21.6. The molecule has 0 radical (unpaired) electrons. The largest absolute Gasteiger partial charge is 0.508 e. The number of fused-ring (bicyclic) bond motifs is 1. The maximum Gasteiger partial charge on any atom is 0.251 e. The number of carbonyl (C=O) groups is 2. The predicted octanol–water partition coefficient (Wildman–Crippen LogP) is 6.40. The van der Waals surface area contributed by atoms with Crippen molar-refractivity contribution in [2.24, 2.45) is 0 Å². The van der Waals surface area contributed by atoms with E-state index in [2.05, 4.69) is 24.1 Å². The number of H-pyrrole nitrogens is 1. The summed E-state index contributed by atoms with van der Waals surface area (Å²) in [6, 6.07) is 21.3. The van der Waals surface area contributed by atoms with Crippen molar-refractivity contribution in [3.8, 4) is 5.75 Å². The van der Waals surface area contributed by atoms with Gasteiger partial charge in [0.15, 0.2) is 0 Å². The Balaban J connectivity index is 0.00000176. The van der Waals surface area contributed by atoms with E-state index in [-0.39, 0.29) is 24.0 Å². The van der Waals surface area contributed by atoms with Crippen molar-refractivity contribution in [2.75, 3.05) is 12.4 Å². The number of amides is 2. The molecular formula is C30H35N3O3. The SMILES string of the molecule is CC.CC(C)c1ccc(NC(=O)C(c2ccccc2)N(C)C(=O)Cc2c[nH]c3ccc(O)cc23)cc1. The Morgan fingerprint density at radius 2 is 1.61 bits per heavy atom.